The zero-order valence-corrected chi connectivity index (χ0v) is 11.8. The molecule has 0 spiro atoms. The summed E-state index contributed by atoms with van der Waals surface area (Å²) in [6.07, 6.45) is 2.71. The summed E-state index contributed by atoms with van der Waals surface area (Å²) in [6.45, 7) is 3.97. The maximum atomic E-state index is 13.4. The van der Waals surface area contributed by atoms with Crippen LogP contribution < -0.4 is 5.32 Å². The molecule has 0 bridgehead atoms. The largest absolute Gasteiger partial charge is 0.358 e. The van der Waals surface area contributed by atoms with E-state index in [0.29, 0.717) is 12.3 Å². The summed E-state index contributed by atoms with van der Waals surface area (Å²) in [6, 6.07) is 4.87. The van der Waals surface area contributed by atoms with Gasteiger partial charge in [-0.05, 0) is 56.4 Å². The molecule has 1 heterocycles. The zero-order chi connectivity index (χ0) is 14.3. The Morgan fingerprint density at radius 2 is 2.25 bits per heavy atom. The van der Waals surface area contributed by atoms with Gasteiger partial charge >= 0.3 is 0 Å². The molecular weight excluding hydrogens is 255 g/mol. The van der Waals surface area contributed by atoms with Gasteiger partial charge in [0.2, 0.25) is 5.91 Å². The molecule has 0 radical (unpaired) electrons. The average molecular weight is 274 g/mol. The number of amides is 1. The summed E-state index contributed by atoms with van der Waals surface area (Å²) in [5.41, 5.74) is 2.70. The van der Waals surface area contributed by atoms with Gasteiger partial charge in [0.05, 0.1) is 6.42 Å². The van der Waals surface area contributed by atoms with Crippen LogP contribution in [0, 0.1) is 18.7 Å². The fourth-order valence-electron chi connectivity index (χ4n) is 2.76. The molecule has 1 aliphatic rings. The molecule has 1 atom stereocenters. The lowest BCUT2D eigenvalue weighted by atomic mass is 10.1. The fraction of sp³-hybridized carbons (Fsp3) is 0.438. The Morgan fingerprint density at radius 1 is 1.50 bits per heavy atom. The molecule has 106 valence electrons. The zero-order valence-electron chi connectivity index (χ0n) is 11.8. The van der Waals surface area contributed by atoms with Crippen LogP contribution in [-0.2, 0) is 11.2 Å². The van der Waals surface area contributed by atoms with Crippen LogP contribution in [0.1, 0.15) is 31.0 Å². The van der Waals surface area contributed by atoms with E-state index in [2.05, 4.69) is 17.2 Å². The van der Waals surface area contributed by atoms with Crippen molar-refractivity contribution in [3.05, 3.63) is 35.3 Å². The number of aryl methyl sites for hydroxylation is 1. The number of aromatic amines is 1. The number of halogens is 1. The first kappa shape index (κ1) is 13.2. The van der Waals surface area contributed by atoms with Crippen LogP contribution in [0.3, 0.4) is 0 Å². The van der Waals surface area contributed by atoms with Crippen molar-refractivity contribution in [2.45, 2.75) is 39.2 Å². The highest BCUT2D eigenvalue weighted by Gasteiger charge is 2.29. The van der Waals surface area contributed by atoms with Gasteiger partial charge in [0.15, 0.2) is 0 Å². The van der Waals surface area contributed by atoms with Crippen molar-refractivity contribution in [2.24, 2.45) is 5.92 Å². The number of rotatable bonds is 4. The molecule has 2 aromatic rings. The molecule has 1 fully saturated rings. The molecular formula is C16H19FN2O. The minimum Gasteiger partial charge on any atom is -0.358 e. The van der Waals surface area contributed by atoms with Crippen LogP contribution in [0.4, 0.5) is 4.39 Å². The van der Waals surface area contributed by atoms with Crippen molar-refractivity contribution in [1.82, 2.24) is 10.3 Å². The number of nitrogens with one attached hydrogen (secondary N) is 2. The summed E-state index contributed by atoms with van der Waals surface area (Å²) in [7, 11) is 0. The summed E-state index contributed by atoms with van der Waals surface area (Å²) in [5, 5.41) is 3.84. The van der Waals surface area contributed by atoms with Gasteiger partial charge in [-0.3, -0.25) is 4.79 Å². The normalized spacial score (nSPS) is 16.4. The Balaban J connectivity index is 1.80. The molecule has 1 aromatic carbocycles. The van der Waals surface area contributed by atoms with Gasteiger partial charge in [-0.15, -0.1) is 0 Å². The van der Waals surface area contributed by atoms with Crippen molar-refractivity contribution < 1.29 is 9.18 Å². The molecule has 1 aliphatic carbocycles. The van der Waals surface area contributed by atoms with Crippen molar-refractivity contribution in [2.75, 3.05) is 0 Å². The second-order valence-electron chi connectivity index (χ2n) is 5.79. The monoisotopic (exact) mass is 274 g/mol. The Kier molecular flexibility index (Phi) is 3.24. The van der Waals surface area contributed by atoms with Crippen molar-refractivity contribution in [1.29, 1.82) is 0 Å². The number of hydrogen-bond acceptors (Lipinski definition) is 1. The van der Waals surface area contributed by atoms with Gasteiger partial charge in [0.25, 0.3) is 0 Å². The second-order valence-corrected chi connectivity index (χ2v) is 5.79. The Morgan fingerprint density at radius 3 is 2.95 bits per heavy atom. The maximum Gasteiger partial charge on any atom is 0.224 e. The number of benzene rings is 1. The second kappa shape index (κ2) is 4.93. The molecule has 1 amide bonds. The molecule has 2 N–H and O–H groups in total. The van der Waals surface area contributed by atoms with Crippen LogP contribution in [0.5, 0.6) is 0 Å². The predicted octanol–water partition coefficient (Wildman–Crippen LogP) is 3.07. The smallest absolute Gasteiger partial charge is 0.224 e. The van der Waals surface area contributed by atoms with Crippen LogP contribution in [0.2, 0.25) is 0 Å². The van der Waals surface area contributed by atoms with Gasteiger partial charge in [-0.1, -0.05) is 0 Å². The summed E-state index contributed by atoms with van der Waals surface area (Å²) >= 11 is 0. The molecule has 3 rings (SSSR count). The number of fused-ring (bicyclic) bond motifs is 1. The van der Waals surface area contributed by atoms with E-state index in [1.807, 2.05) is 6.92 Å². The third-order valence-electron chi connectivity index (χ3n) is 4.14. The quantitative estimate of drug-likeness (QED) is 0.884. The minimum atomic E-state index is -0.274. The summed E-state index contributed by atoms with van der Waals surface area (Å²) in [5.74, 6) is 0.377. The van der Waals surface area contributed by atoms with Crippen molar-refractivity contribution >= 4 is 16.8 Å². The number of carbonyl (C=O) groups excluding carboxylic acids is 1. The van der Waals surface area contributed by atoms with E-state index in [9.17, 15) is 9.18 Å². The molecule has 0 saturated heterocycles. The number of aromatic nitrogens is 1. The average Bonchev–Trinajstić information content (AvgIpc) is 3.18. The van der Waals surface area contributed by atoms with Gasteiger partial charge in [-0.2, -0.15) is 0 Å². The maximum absolute atomic E-state index is 13.4. The lowest BCUT2D eigenvalue weighted by Crippen LogP contribution is -2.35. The number of carbonyl (C=O) groups is 1. The van der Waals surface area contributed by atoms with E-state index < -0.39 is 0 Å². The molecule has 1 aromatic heterocycles. The third kappa shape index (κ3) is 2.55. The molecule has 0 aliphatic heterocycles. The lowest BCUT2D eigenvalue weighted by Gasteiger charge is -2.12. The SMILES string of the molecule is Cc1[nH]c2ccc(F)cc2c1CC(=O)N[C@@H](C)C1CC1. The van der Waals surface area contributed by atoms with Crippen LogP contribution in [-0.4, -0.2) is 16.9 Å². The van der Waals surface area contributed by atoms with E-state index >= 15 is 0 Å². The van der Waals surface area contributed by atoms with Crippen LogP contribution in [0.25, 0.3) is 10.9 Å². The number of H-pyrrole nitrogens is 1. The van der Waals surface area contributed by atoms with E-state index in [1.165, 1.54) is 25.0 Å². The number of hydrogen-bond donors (Lipinski definition) is 2. The van der Waals surface area contributed by atoms with Gasteiger partial charge < -0.3 is 10.3 Å². The lowest BCUT2D eigenvalue weighted by molar-refractivity contribution is -0.121. The van der Waals surface area contributed by atoms with Crippen molar-refractivity contribution in [3.63, 3.8) is 0 Å². The Labute approximate surface area is 117 Å². The Hall–Kier alpha value is -1.84. The highest BCUT2D eigenvalue weighted by molar-refractivity contribution is 5.90. The van der Waals surface area contributed by atoms with Gasteiger partial charge in [-0.25, -0.2) is 4.39 Å². The summed E-state index contributed by atoms with van der Waals surface area (Å²) in [4.78, 5) is 15.3. The molecule has 20 heavy (non-hydrogen) atoms. The van der Waals surface area contributed by atoms with E-state index in [-0.39, 0.29) is 17.8 Å². The molecule has 4 heteroatoms. The molecule has 3 nitrogen and oxygen atoms in total. The predicted molar refractivity (Wildman–Crippen MR) is 77.0 cm³/mol. The fourth-order valence-corrected chi connectivity index (χ4v) is 2.76. The van der Waals surface area contributed by atoms with E-state index in [1.54, 1.807) is 6.07 Å². The van der Waals surface area contributed by atoms with E-state index in [4.69, 9.17) is 0 Å². The first-order valence-electron chi connectivity index (χ1n) is 7.10. The molecule has 0 unspecified atom stereocenters. The summed E-state index contributed by atoms with van der Waals surface area (Å²) < 4.78 is 13.4. The van der Waals surface area contributed by atoms with Gasteiger partial charge in [0, 0.05) is 22.6 Å². The third-order valence-corrected chi connectivity index (χ3v) is 4.14. The minimum absolute atomic E-state index is 0.0117. The topological polar surface area (TPSA) is 44.9 Å². The highest BCUT2D eigenvalue weighted by atomic mass is 19.1. The van der Waals surface area contributed by atoms with Crippen molar-refractivity contribution in [3.8, 4) is 0 Å². The first-order valence-corrected chi connectivity index (χ1v) is 7.10. The molecule has 1 saturated carbocycles. The van der Waals surface area contributed by atoms with Crippen LogP contribution in [0.15, 0.2) is 18.2 Å². The first-order chi connectivity index (χ1) is 9.54. The highest BCUT2D eigenvalue weighted by Crippen LogP contribution is 2.32. The Bertz CT molecular complexity index is 658. The standard InChI is InChI=1S/C16H19FN2O/c1-9(11-3-4-11)19-16(20)8-13-10(2)18-15-6-5-12(17)7-14(13)15/h5-7,9,11,18H,3-4,8H2,1-2H3,(H,19,20)/t9-/m0/s1. The van der Waals surface area contributed by atoms with Crippen LogP contribution >= 0.6 is 0 Å². The van der Waals surface area contributed by atoms with E-state index in [0.717, 1.165) is 22.2 Å². The van der Waals surface area contributed by atoms with Gasteiger partial charge in [0.1, 0.15) is 5.82 Å².